The lowest BCUT2D eigenvalue weighted by molar-refractivity contribution is 0.0734. The number of hydrogen-bond donors (Lipinski definition) is 1. The van der Waals surface area contributed by atoms with E-state index in [4.69, 9.17) is 4.52 Å². The Morgan fingerprint density at radius 3 is 2.86 bits per heavy atom. The molecule has 2 aromatic rings. The third-order valence-electron chi connectivity index (χ3n) is 3.08. The first-order valence-corrected chi connectivity index (χ1v) is 6.92. The minimum Gasteiger partial charge on any atom is -0.373 e. The van der Waals surface area contributed by atoms with Gasteiger partial charge >= 0.3 is 0 Å². The average molecular weight is 289 g/mol. The van der Waals surface area contributed by atoms with Gasteiger partial charge in [0.15, 0.2) is 5.82 Å². The molecule has 0 radical (unpaired) electrons. The van der Waals surface area contributed by atoms with Crippen molar-refractivity contribution in [1.29, 1.82) is 0 Å². The molecule has 7 nitrogen and oxygen atoms in total. The Labute approximate surface area is 123 Å². The Bertz CT molecular complexity index is 611. The molecule has 0 saturated carbocycles. The van der Waals surface area contributed by atoms with Gasteiger partial charge in [-0.3, -0.25) is 4.79 Å². The van der Waals surface area contributed by atoms with Crippen molar-refractivity contribution >= 4 is 11.7 Å². The smallest absolute Gasteiger partial charge is 0.254 e. The van der Waals surface area contributed by atoms with E-state index in [1.807, 2.05) is 13.8 Å². The summed E-state index contributed by atoms with van der Waals surface area (Å²) in [6.07, 6.45) is 2.31. The lowest BCUT2D eigenvalue weighted by Crippen LogP contribution is -2.30. The third kappa shape index (κ3) is 3.56. The van der Waals surface area contributed by atoms with Crippen molar-refractivity contribution in [1.82, 2.24) is 20.0 Å². The van der Waals surface area contributed by atoms with Gasteiger partial charge in [-0.05, 0) is 19.1 Å². The van der Waals surface area contributed by atoms with Gasteiger partial charge in [-0.2, -0.15) is 4.98 Å². The Hall–Kier alpha value is -2.44. The van der Waals surface area contributed by atoms with Crippen molar-refractivity contribution in [2.45, 2.75) is 26.8 Å². The van der Waals surface area contributed by atoms with E-state index in [1.54, 1.807) is 30.3 Å². The van der Waals surface area contributed by atoms with Crippen molar-refractivity contribution in [2.24, 2.45) is 0 Å². The molecule has 0 aliphatic rings. The van der Waals surface area contributed by atoms with Gasteiger partial charge in [0.2, 0.25) is 5.89 Å². The van der Waals surface area contributed by atoms with Crippen LogP contribution in [0.15, 0.2) is 22.9 Å². The number of pyridine rings is 1. The second-order valence-electron chi connectivity index (χ2n) is 4.46. The van der Waals surface area contributed by atoms with Gasteiger partial charge in [-0.1, -0.05) is 12.1 Å². The first kappa shape index (κ1) is 15.0. The van der Waals surface area contributed by atoms with E-state index in [1.165, 1.54) is 0 Å². The summed E-state index contributed by atoms with van der Waals surface area (Å²) < 4.78 is 5.14. The number of amides is 1. The molecule has 0 bridgehead atoms. The van der Waals surface area contributed by atoms with Gasteiger partial charge in [0, 0.05) is 31.8 Å². The molecule has 2 aromatic heterocycles. The molecule has 7 heteroatoms. The van der Waals surface area contributed by atoms with Crippen LogP contribution in [0.25, 0.3) is 0 Å². The topological polar surface area (TPSA) is 84.2 Å². The second-order valence-corrected chi connectivity index (χ2v) is 4.46. The van der Waals surface area contributed by atoms with Gasteiger partial charge in [0.25, 0.3) is 5.91 Å². The molecule has 0 fully saturated rings. The van der Waals surface area contributed by atoms with E-state index in [0.29, 0.717) is 42.6 Å². The van der Waals surface area contributed by atoms with Crippen LogP contribution in [-0.4, -0.2) is 39.5 Å². The maximum atomic E-state index is 12.5. The Morgan fingerprint density at radius 2 is 2.24 bits per heavy atom. The number of nitrogens with one attached hydrogen (secondary N) is 1. The predicted octanol–water partition coefficient (Wildman–Crippen LogP) is 1.73. The number of aromatic nitrogens is 3. The Balaban J connectivity index is 2.13. The molecule has 0 unspecified atom stereocenters. The molecule has 21 heavy (non-hydrogen) atoms. The number of nitrogens with zero attached hydrogens (tertiary/aromatic N) is 4. The number of carbonyl (C=O) groups excluding carboxylic acids is 1. The van der Waals surface area contributed by atoms with Crippen molar-refractivity contribution in [3.05, 3.63) is 35.6 Å². The summed E-state index contributed by atoms with van der Waals surface area (Å²) in [4.78, 5) is 22.5. The minimum atomic E-state index is -0.0901. The van der Waals surface area contributed by atoms with Crippen LogP contribution < -0.4 is 5.32 Å². The summed E-state index contributed by atoms with van der Waals surface area (Å²) in [5, 5.41) is 6.75. The van der Waals surface area contributed by atoms with Crippen LogP contribution in [0.1, 0.15) is 35.9 Å². The lowest BCUT2D eigenvalue weighted by Gasteiger charge is -2.19. The van der Waals surface area contributed by atoms with Crippen molar-refractivity contribution < 1.29 is 9.32 Å². The Morgan fingerprint density at radius 1 is 1.43 bits per heavy atom. The zero-order valence-corrected chi connectivity index (χ0v) is 12.5. The highest BCUT2D eigenvalue weighted by Gasteiger charge is 2.18. The number of carbonyl (C=O) groups is 1. The normalized spacial score (nSPS) is 10.4. The average Bonchev–Trinajstić information content (AvgIpc) is 2.99. The van der Waals surface area contributed by atoms with E-state index in [-0.39, 0.29) is 5.91 Å². The molecule has 0 aliphatic carbocycles. The fraction of sp³-hybridized carbons (Fsp3) is 0.429. The van der Waals surface area contributed by atoms with Crippen LogP contribution in [0.3, 0.4) is 0 Å². The molecule has 0 atom stereocenters. The molecule has 1 N–H and O–H groups in total. The zero-order valence-electron chi connectivity index (χ0n) is 12.5. The quantitative estimate of drug-likeness (QED) is 0.872. The SMILES string of the molecule is CCc1noc(CN(CC)C(=O)c2ccnc(NC)c2)n1. The highest BCUT2D eigenvalue weighted by molar-refractivity contribution is 5.94. The monoisotopic (exact) mass is 289 g/mol. The highest BCUT2D eigenvalue weighted by Crippen LogP contribution is 2.12. The molecule has 0 aliphatic heterocycles. The summed E-state index contributed by atoms with van der Waals surface area (Å²) in [7, 11) is 1.76. The molecule has 2 rings (SSSR count). The van der Waals surface area contributed by atoms with Crippen LogP contribution in [0, 0.1) is 0 Å². The minimum absolute atomic E-state index is 0.0901. The van der Waals surface area contributed by atoms with Crippen molar-refractivity contribution in [3.63, 3.8) is 0 Å². The number of aryl methyl sites for hydroxylation is 1. The van der Waals surface area contributed by atoms with E-state index in [0.717, 1.165) is 0 Å². The number of anilines is 1. The fourth-order valence-corrected chi connectivity index (χ4v) is 1.87. The van der Waals surface area contributed by atoms with Gasteiger partial charge < -0.3 is 14.7 Å². The summed E-state index contributed by atoms with van der Waals surface area (Å²) in [5.41, 5.74) is 0.575. The molecule has 2 heterocycles. The molecule has 0 spiro atoms. The maximum Gasteiger partial charge on any atom is 0.254 e. The van der Waals surface area contributed by atoms with Crippen LogP contribution in [0.2, 0.25) is 0 Å². The van der Waals surface area contributed by atoms with Gasteiger partial charge in [-0.25, -0.2) is 4.98 Å². The standard InChI is InChI=1S/C14H19N5O2/c1-4-11-17-13(21-18-11)9-19(5-2)14(20)10-6-7-16-12(8-10)15-3/h6-8H,4-5,9H2,1-3H3,(H,15,16). The largest absolute Gasteiger partial charge is 0.373 e. The number of rotatable bonds is 6. The zero-order chi connectivity index (χ0) is 15.2. The van der Waals surface area contributed by atoms with Gasteiger partial charge in [0.1, 0.15) is 12.4 Å². The first-order chi connectivity index (χ1) is 10.2. The van der Waals surface area contributed by atoms with E-state index in [9.17, 15) is 4.79 Å². The molecular weight excluding hydrogens is 270 g/mol. The first-order valence-electron chi connectivity index (χ1n) is 6.92. The molecule has 1 amide bonds. The van der Waals surface area contributed by atoms with Crippen LogP contribution >= 0.6 is 0 Å². The molecule has 0 saturated heterocycles. The molecule has 112 valence electrons. The third-order valence-corrected chi connectivity index (χ3v) is 3.08. The molecular formula is C14H19N5O2. The van der Waals surface area contributed by atoms with Crippen molar-refractivity contribution in [3.8, 4) is 0 Å². The van der Waals surface area contributed by atoms with Crippen LogP contribution in [0.4, 0.5) is 5.82 Å². The van der Waals surface area contributed by atoms with E-state index < -0.39 is 0 Å². The summed E-state index contributed by atoms with van der Waals surface area (Å²) in [6, 6.07) is 3.41. The van der Waals surface area contributed by atoms with E-state index >= 15 is 0 Å². The second kappa shape index (κ2) is 6.83. The Kier molecular flexibility index (Phi) is 4.86. The summed E-state index contributed by atoms with van der Waals surface area (Å²) in [5.74, 6) is 1.66. The summed E-state index contributed by atoms with van der Waals surface area (Å²) >= 11 is 0. The maximum absolute atomic E-state index is 12.5. The van der Waals surface area contributed by atoms with Gasteiger partial charge in [-0.15, -0.1) is 0 Å². The fourth-order valence-electron chi connectivity index (χ4n) is 1.87. The van der Waals surface area contributed by atoms with E-state index in [2.05, 4.69) is 20.4 Å². The van der Waals surface area contributed by atoms with Crippen molar-refractivity contribution in [2.75, 3.05) is 18.9 Å². The lowest BCUT2D eigenvalue weighted by atomic mass is 10.2. The highest BCUT2D eigenvalue weighted by atomic mass is 16.5. The summed E-state index contributed by atoms with van der Waals surface area (Å²) in [6.45, 7) is 4.72. The number of hydrogen-bond acceptors (Lipinski definition) is 6. The van der Waals surface area contributed by atoms with Crippen LogP contribution in [0.5, 0.6) is 0 Å². The predicted molar refractivity (Wildman–Crippen MR) is 77.9 cm³/mol. The molecule has 0 aromatic carbocycles. The van der Waals surface area contributed by atoms with Crippen LogP contribution in [-0.2, 0) is 13.0 Å². The van der Waals surface area contributed by atoms with Gasteiger partial charge in [0.05, 0.1) is 0 Å².